The van der Waals surface area contributed by atoms with Crippen molar-refractivity contribution in [3.8, 4) is 0 Å². The number of halogens is 1. The molecular weight excluding hydrogens is 398 g/mol. The fraction of sp³-hybridized carbons (Fsp3) is 0.368. The van der Waals surface area contributed by atoms with Crippen LogP contribution in [0, 0.1) is 6.92 Å². The van der Waals surface area contributed by atoms with Crippen molar-refractivity contribution in [2.75, 3.05) is 41.8 Å². The molecule has 2 aromatic rings. The molecule has 3 heterocycles. The number of fused-ring (bicyclic) bond motifs is 1. The van der Waals surface area contributed by atoms with Gasteiger partial charge in [-0.25, -0.2) is 0 Å². The zero-order valence-corrected chi connectivity index (χ0v) is 16.5. The van der Waals surface area contributed by atoms with E-state index in [1.807, 2.05) is 4.90 Å². The number of benzene rings is 1. The first-order valence-corrected chi connectivity index (χ1v) is 9.64. The number of rotatable bonds is 3. The predicted octanol–water partition coefficient (Wildman–Crippen LogP) is 1.63. The van der Waals surface area contributed by atoms with Gasteiger partial charge >= 0.3 is 0 Å². The number of nitrogens with one attached hydrogen (secondary N) is 3. The average molecular weight is 418 g/mol. The van der Waals surface area contributed by atoms with Gasteiger partial charge in [-0.05, 0) is 24.6 Å². The van der Waals surface area contributed by atoms with Crippen LogP contribution in [0.5, 0.6) is 0 Å². The van der Waals surface area contributed by atoms with Gasteiger partial charge in [0.25, 0.3) is 5.56 Å². The predicted molar refractivity (Wildman–Crippen MR) is 109 cm³/mol. The maximum Gasteiger partial charge on any atom is 0.258 e. The van der Waals surface area contributed by atoms with Gasteiger partial charge in [0.1, 0.15) is 5.82 Å². The van der Waals surface area contributed by atoms with Crippen molar-refractivity contribution >= 4 is 40.9 Å². The zero-order chi connectivity index (χ0) is 20.5. The van der Waals surface area contributed by atoms with Gasteiger partial charge in [0.05, 0.1) is 24.7 Å². The summed E-state index contributed by atoms with van der Waals surface area (Å²) in [5.41, 5.74) is 0.945. The summed E-state index contributed by atoms with van der Waals surface area (Å²) in [6.45, 7) is 3.98. The van der Waals surface area contributed by atoms with Crippen molar-refractivity contribution in [3.05, 3.63) is 44.7 Å². The lowest BCUT2D eigenvalue weighted by Gasteiger charge is -2.29. The maximum atomic E-state index is 12.9. The molecule has 1 aromatic carbocycles. The number of carbonyl (C=O) groups is 2. The Hall–Kier alpha value is -2.91. The molecule has 1 aromatic heterocycles. The largest absolute Gasteiger partial charge is 0.378 e. The monoisotopic (exact) mass is 417 g/mol. The SMILES string of the molecule is Cc1c(Cl)cccc1NC(=O)C1CC(=O)Nc2nc(N3CCOCC3)[nH]c(=O)c21. The molecule has 9 nitrogen and oxygen atoms in total. The van der Waals surface area contributed by atoms with Crippen molar-refractivity contribution in [1.82, 2.24) is 9.97 Å². The van der Waals surface area contributed by atoms with Crippen LogP contribution >= 0.6 is 11.6 Å². The number of amides is 2. The average Bonchev–Trinajstić information content (AvgIpc) is 2.71. The molecule has 1 saturated heterocycles. The number of carbonyl (C=O) groups excluding carboxylic acids is 2. The normalized spacial score (nSPS) is 18.8. The van der Waals surface area contributed by atoms with Gasteiger partial charge in [-0.3, -0.25) is 19.4 Å². The number of hydrogen-bond acceptors (Lipinski definition) is 6. The van der Waals surface area contributed by atoms with Crippen molar-refractivity contribution in [1.29, 1.82) is 0 Å². The van der Waals surface area contributed by atoms with E-state index in [0.29, 0.717) is 48.5 Å². The minimum absolute atomic E-state index is 0.120. The van der Waals surface area contributed by atoms with E-state index in [1.54, 1.807) is 25.1 Å². The van der Waals surface area contributed by atoms with Crippen LogP contribution < -0.4 is 21.1 Å². The molecule has 0 aliphatic carbocycles. The molecule has 1 atom stereocenters. The van der Waals surface area contributed by atoms with Gasteiger partial charge < -0.3 is 20.3 Å². The van der Waals surface area contributed by atoms with E-state index in [-0.39, 0.29) is 23.7 Å². The van der Waals surface area contributed by atoms with Gasteiger partial charge in [-0.1, -0.05) is 17.7 Å². The lowest BCUT2D eigenvalue weighted by atomic mass is 9.92. The molecule has 2 aliphatic heterocycles. The highest BCUT2D eigenvalue weighted by atomic mass is 35.5. The summed E-state index contributed by atoms with van der Waals surface area (Å²) in [5, 5.41) is 5.91. The van der Waals surface area contributed by atoms with Crippen LogP contribution in [-0.2, 0) is 14.3 Å². The number of hydrogen-bond donors (Lipinski definition) is 3. The van der Waals surface area contributed by atoms with Gasteiger partial charge in [-0.15, -0.1) is 0 Å². The topological polar surface area (TPSA) is 116 Å². The highest BCUT2D eigenvalue weighted by Gasteiger charge is 2.35. The van der Waals surface area contributed by atoms with E-state index in [0.717, 1.165) is 0 Å². The molecule has 152 valence electrons. The van der Waals surface area contributed by atoms with E-state index in [4.69, 9.17) is 16.3 Å². The minimum atomic E-state index is -0.952. The van der Waals surface area contributed by atoms with E-state index in [2.05, 4.69) is 20.6 Å². The molecule has 2 amide bonds. The minimum Gasteiger partial charge on any atom is -0.378 e. The Morgan fingerprint density at radius 2 is 2.07 bits per heavy atom. The Morgan fingerprint density at radius 3 is 2.83 bits per heavy atom. The summed E-state index contributed by atoms with van der Waals surface area (Å²) in [6, 6.07) is 5.15. The Balaban J connectivity index is 1.66. The molecule has 0 radical (unpaired) electrons. The van der Waals surface area contributed by atoms with Crippen LogP contribution in [0.15, 0.2) is 23.0 Å². The Bertz CT molecular complexity index is 1030. The summed E-state index contributed by atoms with van der Waals surface area (Å²) in [5.74, 6) is -1.31. The number of anilines is 3. The molecule has 0 saturated carbocycles. The second-order valence-electron chi connectivity index (χ2n) is 6.96. The van der Waals surface area contributed by atoms with Crippen LogP contribution in [0.3, 0.4) is 0 Å². The summed E-state index contributed by atoms with van der Waals surface area (Å²) < 4.78 is 5.31. The molecule has 0 bridgehead atoms. The summed E-state index contributed by atoms with van der Waals surface area (Å²) >= 11 is 6.11. The maximum absolute atomic E-state index is 12.9. The van der Waals surface area contributed by atoms with E-state index in [1.165, 1.54) is 0 Å². The fourth-order valence-corrected chi connectivity index (χ4v) is 3.65. The van der Waals surface area contributed by atoms with Crippen LogP contribution in [0.1, 0.15) is 23.5 Å². The standard InChI is InChI=1S/C19H20ClN5O4/c1-10-12(20)3-2-4-13(10)21-17(27)11-9-14(26)22-16-15(11)18(28)24-19(23-16)25-5-7-29-8-6-25/h2-4,11H,5-9H2,1H3,(H,21,27)(H2,22,23,24,26,28). The highest BCUT2D eigenvalue weighted by molar-refractivity contribution is 6.31. The lowest BCUT2D eigenvalue weighted by molar-refractivity contribution is -0.123. The second-order valence-corrected chi connectivity index (χ2v) is 7.36. The molecule has 3 N–H and O–H groups in total. The van der Waals surface area contributed by atoms with E-state index < -0.39 is 17.4 Å². The van der Waals surface area contributed by atoms with Crippen molar-refractivity contribution in [3.63, 3.8) is 0 Å². The molecule has 4 rings (SSSR count). The summed E-state index contributed by atoms with van der Waals surface area (Å²) in [7, 11) is 0. The number of H-pyrrole nitrogens is 1. The van der Waals surface area contributed by atoms with E-state index >= 15 is 0 Å². The Morgan fingerprint density at radius 1 is 1.31 bits per heavy atom. The Labute approximate surface area is 171 Å². The summed E-state index contributed by atoms with van der Waals surface area (Å²) in [6.07, 6.45) is -0.139. The number of aromatic amines is 1. The number of aromatic nitrogens is 2. The second kappa shape index (κ2) is 7.84. The highest BCUT2D eigenvalue weighted by Crippen LogP contribution is 2.31. The molecule has 10 heteroatoms. The smallest absolute Gasteiger partial charge is 0.258 e. The Kier molecular flexibility index (Phi) is 5.25. The number of ether oxygens (including phenoxy) is 1. The third kappa shape index (κ3) is 3.83. The van der Waals surface area contributed by atoms with Crippen molar-refractivity contribution in [2.24, 2.45) is 0 Å². The first-order valence-electron chi connectivity index (χ1n) is 9.27. The number of nitrogens with zero attached hydrogens (tertiary/aromatic N) is 2. The first-order chi connectivity index (χ1) is 13.9. The lowest BCUT2D eigenvalue weighted by Crippen LogP contribution is -2.41. The third-order valence-corrected chi connectivity index (χ3v) is 5.50. The molecule has 29 heavy (non-hydrogen) atoms. The molecular formula is C19H20ClN5O4. The van der Waals surface area contributed by atoms with Gasteiger partial charge in [-0.2, -0.15) is 4.98 Å². The summed E-state index contributed by atoms with van der Waals surface area (Å²) in [4.78, 5) is 47.0. The van der Waals surface area contributed by atoms with Crippen molar-refractivity contribution < 1.29 is 14.3 Å². The van der Waals surface area contributed by atoms with E-state index in [9.17, 15) is 14.4 Å². The zero-order valence-electron chi connectivity index (χ0n) is 15.8. The first kappa shape index (κ1) is 19.4. The quantitative estimate of drug-likeness (QED) is 0.699. The third-order valence-electron chi connectivity index (χ3n) is 5.09. The van der Waals surface area contributed by atoms with Gasteiger partial charge in [0.15, 0.2) is 0 Å². The van der Waals surface area contributed by atoms with Crippen LogP contribution in [0.2, 0.25) is 5.02 Å². The molecule has 2 aliphatic rings. The van der Waals surface area contributed by atoms with Gasteiger partial charge in [0.2, 0.25) is 17.8 Å². The number of morpholine rings is 1. The molecule has 0 spiro atoms. The fourth-order valence-electron chi connectivity index (χ4n) is 3.47. The molecule has 1 unspecified atom stereocenters. The van der Waals surface area contributed by atoms with Gasteiger partial charge in [0, 0.05) is 30.2 Å². The molecule has 1 fully saturated rings. The van der Waals surface area contributed by atoms with Crippen LogP contribution in [-0.4, -0.2) is 48.1 Å². The van der Waals surface area contributed by atoms with Crippen molar-refractivity contribution in [2.45, 2.75) is 19.3 Å². The van der Waals surface area contributed by atoms with Crippen LogP contribution in [0.25, 0.3) is 0 Å². The van der Waals surface area contributed by atoms with Crippen LogP contribution in [0.4, 0.5) is 17.5 Å².